The van der Waals surface area contributed by atoms with Crippen molar-refractivity contribution in [1.29, 1.82) is 0 Å². The minimum Gasteiger partial charge on any atom is -0.368 e. The number of sulfone groups is 1. The molecule has 0 unspecified atom stereocenters. The fourth-order valence-electron chi connectivity index (χ4n) is 3.38. The Hall–Kier alpha value is -4.32. The number of hydrogen-bond donors (Lipinski definition) is 3. The molecule has 0 fully saturated rings. The van der Waals surface area contributed by atoms with Crippen LogP contribution in [0.3, 0.4) is 0 Å². The SMILES string of the molecule is CCn1cc(-c2cccc(NC(=O)Nc3ccc(S(C)(=O)=O)cc3)c2F)c(-c2ccnc(N)n2)n1. The maximum atomic E-state index is 15.5. The van der Waals surface area contributed by atoms with Gasteiger partial charge in [0.1, 0.15) is 5.69 Å². The van der Waals surface area contributed by atoms with E-state index in [-0.39, 0.29) is 22.1 Å². The number of rotatable bonds is 6. The molecule has 35 heavy (non-hydrogen) atoms. The van der Waals surface area contributed by atoms with E-state index in [1.54, 1.807) is 29.1 Å². The number of urea groups is 1. The Bertz CT molecular complexity index is 1500. The van der Waals surface area contributed by atoms with Gasteiger partial charge in [-0.05, 0) is 43.3 Å². The standard InChI is InChI=1S/C23H22FN7O3S/c1-3-31-13-17(21(30-31)19-11-12-26-22(25)28-19)16-5-4-6-18(20(16)24)29-23(32)27-14-7-9-15(10-8-14)35(2,33)34/h4-13H,3H2,1-2H3,(H2,25,26,28)(H2,27,29,32). The van der Waals surface area contributed by atoms with Crippen molar-refractivity contribution in [1.82, 2.24) is 19.7 Å². The third-order valence-electron chi connectivity index (χ3n) is 5.08. The number of nitrogens with one attached hydrogen (secondary N) is 2. The Morgan fingerprint density at radius 2 is 1.83 bits per heavy atom. The van der Waals surface area contributed by atoms with Gasteiger partial charge in [0.2, 0.25) is 5.95 Å². The number of anilines is 3. The maximum Gasteiger partial charge on any atom is 0.323 e. The molecule has 2 amide bonds. The van der Waals surface area contributed by atoms with Gasteiger partial charge < -0.3 is 16.4 Å². The molecule has 4 aromatic rings. The summed E-state index contributed by atoms with van der Waals surface area (Å²) in [4.78, 5) is 20.7. The van der Waals surface area contributed by atoms with E-state index < -0.39 is 21.7 Å². The lowest BCUT2D eigenvalue weighted by molar-refractivity contribution is 0.262. The second-order valence-corrected chi connectivity index (χ2v) is 9.61. The summed E-state index contributed by atoms with van der Waals surface area (Å²) in [6.07, 6.45) is 4.28. The minimum atomic E-state index is -3.36. The zero-order valence-electron chi connectivity index (χ0n) is 18.9. The summed E-state index contributed by atoms with van der Waals surface area (Å²) in [6.45, 7) is 2.45. The number of nitrogens with two attached hydrogens (primary N) is 1. The summed E-state index contributed by atoms with van der Waals surface area (Å²) in [5.74, 6) is -0.592. The fraction of sp³-hybridized carbons (Fsp3) is 0.130. The van der Waals surface area contributed by atoms with Gasteiger partial charge in [-0.25, -0.2) is 27.6 Å². The van der Waals surface area contributed by atoms with Gasteiger partial charge in [-0.2, -0.15) is 5.10 Å². The number of amides is 2. The van der Waals surface area contributed by atoms with Crippen LogP contribution in [0.1, 0.15) is 6.92 Å². The van der Waals surface area contributed by atoms with Gasteiger partial charge in [-0.15, -0.1) is 0 Å². The first kappa shape index (κ1) is 23.8. The molecule has 0 aliphatic carbocycles. The van der Waals surface area contributed by atoms with Gasteiger partial charge in [0.15, 0.2) is 15.7 Å². The van der Waals surface area contributed by atoms with Crippen molar-refractivity contribution in [2.45, 2.75) is 18.4 Å². The summed E-state index contributed by atoms with van der Waals surface area (Å²) in [5.41, 5.74) is 7.56. The predicted molar refractivity (Wildman–Crippen MR) is 131 cm³/mol. The van der Waals surface area contributed by atoms with Gasteiger partial charge in [0.25, 0.3) is 0 Å². The molecular formula is C23H22FN7O3S. The van der Waals surface area contributed by atoms with E-state index in [9.17, 15) is 13.2 Å². The highest BCUT2D eigenvalue weighted by Crippen LogP contribution is 2.34. The number of carbonyl (C=O) groups is 1. The van der Waals surface area contributed by atoms with E-state index in [0.29, 0.717) is 29.2 Å². The average molecular weight is 496 g/mol. The van der Waals surface area contributed by atoms with Crippen LogP contribution in [0.4, 0.5) is 26.5 Å². The van der Waals surface area contributed by atoms with E-state index in [4.69, 9.17) is 5.73 Å². The molecule has 0 aliphatic rings. The lowest BCUT2D eigenvalue weighted by Gasteiger charge is -2.11. The summed E-state index contributed by atoms with van der Waals surface area (Å²) in [5, 5.41) is 9.53. The molecule has 0 atom stereocenters. The summed E-state index contributed by atoms with van der Waals surface area (Å²) >= 11 is 0. The van der Waals surface area contributed by atoms with Crippen molar-refractivity contribution in [2.24, 2.45) is 0 Å². The third-order valence-corrected chi connectivity index (χ3v) is 6.21. The molecular weight excluding hydrogens is 473 g/mol. The number of aromatic nitrogens is 4. The molecule has 180 valence electrons. The molecule has 0 radical (unpaired) electrons. The molecule has 2 aromatic heterocycles. The molecule has 0 spiro atoms. The molecule has 0 saturated carbocycles. The third kappa shape index (κ3) is 5.27. The van der Waals surface area contributed by atoms with E-state index in [1.807, 2.05) is 6.92 Å². The number of aryl methyl sites for hydroxylation is 1. The van der Waals surface area contributed by atoms with Crippen LogP contribution < -0.4 is 16.4 Å². The summed E-state index contributed by atoms with van der Waals surface area (Å²) in [6, 6.07) is 11.2. The molecule has 2 aromatic carbocycles. The second kappa shape index (κ2) is 9.50. The van der Waals surface area contributed by atoms with E-state index in [1.165, 1.54) is 36.5 Å². The largest absolute Gasteiger partial charge is 0.368 e. The van der Waals surface area contributed by atoms with Crippen LogP contribution in [-0.2, 0) is 16.4 Å². The average Bonchev–Trinajstić information content (AvgIpc) is 3.24. The number of benzene rings is 2. The van der Waals surface area contributed by atoms with Crippen molar-refractivity contribution in [3.05, 3.63) is 66.7 Å². The van der Waals surface area contributed by atoms with Gasteiger partial charge in [-0.3, -0.25) is 4.68 Å². The Morgan fingerprint density at radius 3 is 2.49 bits per heavy atom. The summed E-state index contributed by atoms with van der Waals surface area (Å²) in [7, 11) is -3.36. The van der Waals surface area contributed by atoms with Gasteiger partial charge in [-0.1, -0.05) is 12.1 Å². The molecule has 0 bridgehead atoms. The van der Waals surface area contributed by atoms with Crippen LogP contribution in [0, 0.1) is 5.82 Å². The Morgan fingerprint density at radius 1 is 1.09 bits per heavy atom. The fourth-order valence-corrected chi connectivity index (χ4v) is 4.01. The monoisotopic (exact) mass is 495 g/mol. The molecule has 4 rings (SSSR count). The molecule has 10 nitrogen and oxygen atoms in total. The van der Waals surface area contributed by atoms with E-state index >= 15 is 4.39 Å². The Labute approximate surface area is 201 Å². The lowest BCUT2D eigenvalue weighted by Crippen LogP contribution is -2.20. The zero-order chi connectivity index (χ0) is 25.2. The molecule has 0 aliphatic heterocycles. The van der Waals surface area contributed by atoms with Crippen LogP contribution in [0.15, 0.2) is 65.8 Å². The van der Waals surface area contributed by atoms with Crippen LogP contribution in [0.2, 0.25) is 0 Å². The van der Waals surface area contributed by atoms with Crippen molar-refractivity contribution < 1.29 is 17.6 Å². The normalized spacial score (nSPS) is 11.3. The Balaban J connectivity index is 1.61. The van der Waals surface area contributed by atoms with Crippen LogP contribution in [0.25, 0.3) is 22.5 Å². The molecule has 4 N–H and O–H groups in total. The van der Waals surface area contributed by atoms with Crippen molar-refractivity contribution >= 4 is 33.2 Å². The quantitative estimate of drug-likeness (QED) is 0.369. The first-order valence-electron chi connectivity index (χ1n) is 10.5. The number of carbonyl (C=O) groups excluding carboxylic acids is 1. The maximum absolute atomic E-state index is 15.5. The van der Waals surface area contributed by atoms with Crippen LogP contribution in [-0.4, -0.2) is 40.5 Å². The molecule has 2 heterocycles. The lowest BCUT2D eigenvalue weighted by atomic mass is 10.0. The van der Waals surface area contributed by atoms with Crippen molar-refractivity contribution in [3.8, 4) is 22.5 Å². The van der Waals surface area contributed by atoms with Crippen LogP contribution >= 0.6 is 0 Å². The van der Waals surface area contributed by atoms with Gasteiger partial charge in [0.05, 0.1) is 16.3 Å². The first-order chi connectivity index (χ1) is 16.7. The first-order valence-corrected chi connectivity index (χ1v) is 12.4. The van der Waals surface area contributed by atoms with Crippen LogP contribution in [0.5, 0.6) is 0 Å². The zero-order valence-corrected chi connectivity index (χ0v) is 19.7. The van der Waals surface area contributed by atoms with E-state index in [0.717, 1.165) is 6.26 Å². The van der Waals surface area contributed by atoms with Crippen molar-refractivity contribution in [2.75, 3.05) is 22.6 Å². The Kier molecular flexibility index (Phi) is 6.47. The van der Waals surface area contributed by atoms with E-state index in [2.05, 4.69) is 25.7 Å². The number of nitrogen functional groups attached to an aromatic ring is 1. The summed E-state index contributed by atoms with van der Waals surface area (Å²) < 4.78 is 40.3. The molecule has 0 saturated heterocycles. The van der Waals surface area contributed by atoms with Crippen molar-refractivity contribution in [3.63, 3.8) is 0 Å². The predicted octanol–water partition coefficient (Wildman–Crippen LogP) is 3.80. The van der Waals surface area contributed by atoms with Gasteiger partial charge in [0, 0.05) is 42.0 Å². The highest BCUT2D eigenvalue weighted by Gasteiger charge is 2.20. The topological polar surface area (TPSA) is 145 Å². The minimum absolute atomic E-state index is 0.0508. The van der Waals surface area contributed by atoms with Gasteiger partial charge >= 0.3 is 6.03 Å². The second-order valence-electron chi connectivity index (χ2n) is 7.59. The molecule has 12 heteroatoms. The number of hydrogen-bond acceptors (Lipinski definition) is 7. The number of nitrogens with zero attached hydrogens (tertiary/aromatic N) is 4. The highest BCUT2D eigenvalue weighted by atomic mass is 32.2. The smallest absolute Gasteiger partial charge is 0.323 e. The highest BCUT2D eigenvalue weighted by molar-refractivity contribution is 7.90. The number of halogens is 1.